The van der Waals surface area contributed by atoms with Crippen molar-refractivity contribution in [3.8, 4) is 5.69 Å². The number of aromatic nitrogens is 1. The van der Waals surface area contributed by atoms with E-state index in [-0.39, 0.29) is 23.4 Å². The minimum Gasteiger partial charge on any atom is -0.372 e. The van der Waals surface area contributed by atoms with E-state index in [1.807, 2.05) is 30.5 Å². The smallest absolute Gasteiger partial charge is 0.372 e. The van der Waals surface area contributed by atoms with Crippen LogP contribution in [0.25, 0.3) is 5.69 Å². The van der Waals surface area contributed by atoms with Crippen LogP contribution >= 0.6 is 0 Å². The fourth-order valence-electron chi connectivity index (χ4n) is 5.12. The van der Waals surface area contributed by atoms with Gasteiger partial charge in [-0.2, -0.15) is 13.2 Å². The van der Waals surface area contributed by atoms with Gasteiger partial charge in [-0.05, 0) is 55.2 Å². The maximum atomic E-state index is 13.3. The molecule has 0 unspecified atom stereocenters. The highest BCUT2D eigenvalue weighted by atomic mass is 19.4. The molecule has 0 radical (unpaired) electrons. The Morgan fingerprint density at radius 1 is 1.03 bits per heavy atom. The normalized spacial score (nSPS) is 17.8. The Hall–Kier alpha value is -3.26. The zero-order valence-corrected chi connectivity index (χ0v) is 18.0. The number of likely N-dealkylation sites (tertiary alicyclic amines) is 1. The van der Waals surface area contributed by atoms with E-state index < -0.39 is 17.8 Å². The Balaban J connectivity index is 1.30. The number of nitrogens with one attached hydrogen (secondary N) is 1. The number of nitrogens with zero attached hydrogens (tertiary/aromatic N) is 2. The number of alkyl halides is 3. The number of anilines is 1. The third-order valence-corrected chi connectivity index (χ3v) is 6.79. The Bertz CT molecular complexity index is 1180. The number of nitrogens with two attached hydrogens (primary N) is 1. The molecule has 8 heteroatoms. The lowest BCUT2D eigenvalue weighted by atomic mass is 9.82. The third-order valence-electron chi connectivity index (χ3n) is 6.79. The molecule has 3 N–H and O–H groups in total. The summed E-state index contributed by atoms with van der Waals surface area (Å²) in [7, 11) is 0. The quantitative estimate of drug-likeness (QED) is 0.620. The van der Waals surface area contributed by atoms with Gasteiger partial charge in [0.2, 0.25) is 5.91 Å². The number of amides is 1. The maximum Gasteiger partial charge on any atom is 0.416 e. The fraction of sp³-hybridized carbons (Fsp3) is 0.320. The van der Waals surface area contributed by atoms with Crippen molar-refractivity contribution in [3.63, 3.8) is 0 Å². The number of halogens is 3. The molecule has 5 nitrogen and oxygen atoms in total. The highest BCUT2D eigenvalue weighted by molar-refractivity contribution is 5.82. The largest absolute Gasteiger partial charge is 0.416 e. The predicted octanol–water partition coefficient (Wildman–Crippen LogP) is 4.31. The van der Waals surface area contributed by atoms with Gasteiger partial charge in [0, 0.05) is 25.0 Å². The molecule has 1 amide bonds. The van der Waals surface area contributed by atoms with Crippen LogP contribution in [0.15, 0.2) is 66.9 Å². The summed E-state index contributed by atoms with van der Waals surface area (Å²) in [6, 6.07) is 16.5. The van der Waals surface area contributed by atoms with E-state index in [0.717, 1.165) is 23.1 Å². The molecule has 2 aliphatic heterocycles. The first-order valence-electron chi connectivity index (χ1n) is 11.0. The van der Waals surface area contributed by atoms with E-state index in [4.69, 9.17) is 5.73 Å². The number of hydrogen-bond donors (Lipinski definition) is 2. The van der Waals surface area contributed by atoms with Crippen LogP contribution < -0.4 is 11.1 Å². The number of fused-ring (bicyclic) bond motifs is 4. The van der Waals surface area contributed by atoms with Crippen LogP contribution in [-0.4, -0.2) is 34.5 Å². The molecule has 0 saturated carbocycles. The van der Waals surface area contributed by atoms with Crippen LogP contribution in [0.3, 0.4) is 0 Å². The molecule has 1 saturated heterocycles. The summed E-state index contributed by atoms with van der Waals surface area (Å²) >= 11 is 0. The number of benzene rings is 2. The van der Waals surface area contributed by atoms with Gasteiger partial charge in [0.25, 0.3) is 0 Å². The van der Waals surface area contributed by atoms with Crippen LogP contribution in [0.2, 0.25) is 0 Å². The number of piperidine rings is 1. The average Bonchev–Trinajstić information content (AvgIpc) is 3.30. The van der Waals surface area contributed by atoms with Crippen LogP contribution in [0.1, 0.15) is 29.7 Å². The van der Waals surface area contributed by atoms with Gasteiger partial charge in [-0.1, -0.05) is 30.3 Å². The Labute approximate surface area is 190 Å². The van der Waals surface area contributed by atoms with Crippen LogP contribution in [0.5, 0.6) is 0 Å². The van der Waals surface area contributed by atoms with E-state index in [9.17, 15) is 18.0 Å². The van der Waals surface area contributed by atoms with Crippen molar-refractivity contribution >= 4 is 11.6 Å². The highest BCUT2D eigenvalue weighted by Crippen LogP contribution is 2.43. The summed E-state index contributed by atoms with van der Waals surface area (Å²) in [6.45, 7) is 0.960. The SMILES string of the molecule is N[C@H](Cc1ccccc1C(F)(F)F)C(=O)N1CCC2(CC1)Nc1ccccc1-n1cccc12. The Kier molecular flexibility index (Phi) is 5.20. The lowest BCUT2D eigenvalue weighted by molar-refractivity contribution is -0.139. The van der Waals surface area contributed by atoms with Crippen molar-refractivity contribution < 1.29 is 18.0 Å². The monoisotopic (exact) mass is 454 g/mol. The first-order chi connectivity index (χ1) is 15.8. The molecular weight excluding hydrogens is 429 g/mol. The fourth-order valence-corrected chi connectivity index (χ4v) is 5.12. The van der Waals surface area contributed by atoms with Gasteiger partial charge in [-0.3, -0.25) is 4.79 Å². The molecule has 33 heavy (non-hydrogen) atoms. The first kappa shape index (κ1) is 21.6. The van der Waals surface area contributed by atoms with Crippen molar-refractivity contribution in [2.24, 2.45) is 5.73 Å². The first-order valence-corrected chi connectivity index (χ1v) is 11.0. The minimum absolute atomic E-state index is 0.0442. The molecule has 1 atom stereocenters. The van der Waals surface area contributed by atoms with E-state index >= 15 is 0 Å². The van der Waals surface area contributed by atoms with Gasteiger partial charge < -0.3 is 20.5 Å². The number of para-hydroxylation sites is 2. The van der Waals surface area contributed by atoms with Gasteiger partial charge in [-0.25, -0.2) is 0 Å². The van der Waals surface area contributed by atoms with Gasteiger partial charge in [-0.15, -0.1) is 0 Å². The predicted molar refractivity (Wildman–Crippen MR) is 120 cm³/mol. The van der Waals surface area contributed by atoms with E-state index in [2.05, 4.69) is 22.0 Å². The molecule has 3 aromatic rings. The van der Waals surface area contributed by atoms with Crippen LogP contribution in [0.4, 0.5) is 18.9 Å². The second-order valence-electron chi connectivity index (χ2n) is 8.78. The zero-order valence-electron chi connectivity index (χ0n) is 18.0. The van der Waals surface area contributed by atoms with Gasteiger partial charge in [0.1, 0.15) is 0 Å². The molecule has 3 heterocycles. The molecule has 1 fully saturated rings. The highest BCUT2D eigenvalue weighted by Gasteiger charge is 2.43. The Morgan fingerprint density at radius 2 is 1.73 bits per heavy atom. The number of carbonyl (C=O) groups is 1. The second kappa shape index (κ2) is 7.95. The molecule has 1 aromatic heterocycles. The summed E-state index contributed by atoms with van der Waals surface area (Å²) in [5.74, 6) is -0.312. The Morgan fingerprint density at radius 3 is 2.48 bits per heavy atom. The van der Waals surface area contributed by atoms with Crippen molar-refractivity contribution in [2.75, 3.05) is 18.4 Å². The summed E-state index contributed by atoms with van der Waals surface area (Å²) in [6.07, 6.45) is -1.21. The van der Waals surface area contributed by atoms with E-state index in [1.165, 1.54) is 18.2 Å². The number of hydrogen-bond acceptors (Lipinski definition) is 3. The average molecular weight is 454 g/mol. The van der Waals surface area contributed by atoms with Crippen LogP contribution in [0, 0.1) is 0 Å². The second-order valence-corrected chi connectivity index (χ2v) is 8.78. The summed E-state index contributed by atoms with van der Waals surface area (Å²) in [5, 5.41) is 3.69. The molecule has 0 bridgehead atoms. The molecule has 5 rings (SSSR count). The summed E-state index contributed by atoms with van der Waals surface area (Å²) in [5.41, 5.74) is 8.39. The number of carbonyl (C=O) groups excluding carboxylic acids is 1. The molecule has 172 valence electrons. The minimum atomic E-state index is -4.48. The van der Waals surface area contributed by atoms with Crippen molar-refractivity contribution in [1.82, 2.24) is 9.47 Å². The van der Waals surface area contributed by atoms with Gasteiger partial charge in [0.15, 0.2) is 0 Å². The van der Waals surface area contributed by atoms with Crippen molar-refractivity contribution in [1.29, 1.82) is 0 Å². The number of rotatable bonds is 3. The molecule has 2 aromatic carbocycles. The molecule has 0 aliphatic carbocycles. The third kappa shape index (κ3) is 3.78. The maximum absolute atomic E-state index is 13.3. The molecule has 1 spiro atoms. The standard InChI is InChI=1S/C25H25F3N4O/c26-25(27,28)18-7-2-1-6-17(18)16-19(29)23(33)31-14-11-24(12-15-31)22-10-5-13-32(22)21-9-4-3-8-20(21)30-24/h1-10,13,19,30H,11-12,14-16,29H2/t19-/m1/s1. The van der Waals surface area contributed by atoms with E-state index in [1.54, 1.807) is 4.90 Å². The van der Waals surface area contributed by atoms with Crippen LogP contribution in [-0.2, 0) is 22.9 Å². The van der Waals surface area contributed by atoms with E-state index in [0.29, 0.717) is 25.9 Å². The molecular formula is C25H25F3N4O. The summed E-state index contributed by atoms with van der Waals surface area (Å²) < 4.78 is 42.1. The zero-order chi connectivity index (χ0) is 23.2. The lowest BCUT2D eigenvalue weighted by Gasteiger charge is -2.46. The molecule has 2 aliphatic rings. The van der Waals surface area contributed by atoms with Crippen molar-refractivity contribution in [2.45, 2.75) is 37.0 Å². The van der Waals surface area contributed by atoms with Gasteiger partial charge >= 0.3 is 6.18 Å². The lowest BCUT2D eigenvalue weighted by Crippen LogP contribution is -2.54. The summed E-state index contributed by atoms with van der Waals surface area (Å²) in [4.78, 5) is 14.7. The topological polar surface area (TPSA) is 63.3 Å². The van der Waals surface area contributed by atoms with Crippen molar-refractivity contribution in [3.05, 3.63) is 83.7 Å². The van der Waals surface area contributed by atoms with Gasteiger partial charge in [0.05, 0.1) is 28.5 Å².